The van der Waals surface area contributed by atoms with E-state index in [4.69, 9.17) is 0 Å². The van der Waals surface area contributed by atoms with Crippen LogP contribution in [0.2, 0.25) is 0 Å². The fraction of sp³-hybridized carbons (Fsp3) is 0.217. The summed E-state index contributed by atoms with van der Waals surface area (Å²) >= 11 is 0. The van der Waals surface area contributed by atoms with Gasteiger partial charge in [0.05, 0.1) is 0 Å². The van der Waals surface area contributed by atoms with E-state index in [-0.39, 0.29) is 11.8 Å². The average Bonchev–Trinajstić information content (AvgIpc) is 3.46. The Balaban J connectivity index is 1.43. The van der Waals surface area contributed by atoms with E-state index in [1.807, 2.05) is 18.2 Å². The molecule has 1 aliphatic carbocycles. The maximum Gasteiger partial charge on any atom is 0.228 e. The molecule has 2 aromatic heterocycles. The van der Waals surface area contributed by atoms with Gasteiger partial charge in [-0.2, -0.15) is 0 Å². The number of hydrogen-bond donors (Lipinski definition) is 1. The molecule has 2 heterocycles. The van der Waals surface area contributed by atoms with Crippen molar-refractivity contribution in [3.8, 4) is 0 Å². The number of amides is 1. The molecule has 0 unspecified atom stereocenters. The first kappa shape index (κ1) is 16.1. The quantitative estimate of drug-likeness (QED) is 0.563. The molecule has 2 atom stereocenters. The van der Waals surface area contributed by atoms with Crippen molar-refractivity contribution in [2.45, 2.75) is 25.8 Å². The summed E-state index contributed by atoms with van der Waals surface area (Å²) in [6.07, 6.45) is 4.49. The Morgan fingerprint density at radius 1 is 1.07 bits per heavy atom. The molecule has 1 aliphatic rings. The predicted octanol–water partition coefficient (Wildman–Crippen LogP) is 4.95. The number of fused-ring (bicyclic) bond motifs is 3. The van der Waals surface area contributed by atoms with Gasteiger partial charge in [0.15, 0.2) is 0 Å². The van der Waals surface area contributed by atoms with Crippen LogP contribution in [0, 0.1) is 5.92 Å². The molecule has 4 nitrogen and oxygen atoms in total. The summed E-state index contributed by atoms with van der Waals surface area (Å²) < 4.78 is 2.32. The van der Waals surface area contributed by atoms with E-state index in [2.05, 4.69) is 58.2 Å². The Morgan fingerprint density at radius 2 is 1.85 bits per heavy atom. The fourth-order valence-electron chi connectivity index (χ4n) is 4.17. The molecule has 0 saturated heterocycles. The summed E-state index contributed by atoms with van der Waals surface area (Å²) in [7, 11) is 0. The van der Waals surface area contributed by atoms with Crippen LogP contribution in [-0.2, 0) is 11.3 Å². The molecular weight excluding hydrogens is 334 g/mol. The Morgan fingerprint density at radius 3 is 2.67 bits per heavy atom. The highest BCUT2D eigenvalue weighted by molar-refractivity contribution is 6.10. The van der Waals surface area contributed by atoms with Gasteiger partial charge in [0, 0.05) is 52.3 Å². The van der Waals surface area contributed by atoms with Crippen molar-refractivity contribution < 1.29 is 4.79 Å². The van der Waals surface area contributed by atoms with Crippen molar-refractivity contribution in [2.75, 3.05) is 5.32 Å². The third-order valence-electron chi connectivity index (χ3n) is 5.62. The first-order valence-corrected chi connectivity index (χ1v) is 9.48. The number of nitrogens with zero attached hydrogens (tertiary/aromatic N) is 2. The summed E-state index contributed by atoms with van der Waals surface area (Å²) in [4.78, 5) is 16.7. The second-order valence-corrected chi connectivity index (χ2v) is 7.21. The topological polar surface area (TPSA) is 46.9 Å². The smallest absolute Gasteiger partial charge is 0.228 e. The zero-order valence-electron chi connectivity index (χ0n) is 15.2. The van der Waals surface area contributed by atoms with Crippen LogP contribution in [0.3, 0.4) is 0 Å². The summed E-state index contributed by atoms with van der Waals surface area (Å²) in [5.74, 6) is 0.481. The lowest BCUT2D eigenvalue weighted by molar-refractivity contribution is -0.117. The van der Waals surface area contributed by atoms with Crippen molar-refractivity contribution in [2.24, 2.45) is 5.92 Å². The number of nitrogens with one attached hydrogen (secondary N) is 1. The second kappa shape index (κ2) is 6.23. The lowest BCUT2D eigenvalue weighted by atomic mass is 10.1. The number of pyridine rings is 1. The van der Waals surface area contributed by atoms with Crippen molar-refractivity contribution in [3.63, 3.8) is 0 Å². The van der Waals surface area contributed by atoms with E-state index in [0.717, 1.165) is 18.7 Å². The van der Waals surface area contributed by atoms with Gasteiger partial charge in [-0.15, -0.1) is 0 Å². The van der Waals surface area contributed by atoms with Crippen LogP contribution in [0.25, 0.3) is 21.8 Å². The Labute approximate surface area is 157 Å². The first-order valence-electron chi connectivity index (χ1n) is 9.48. The fourth-order valence-corrected chi connectivity index (χ4v) is 4.17. The van der Waals surface area contributed by atoms with Crippen LogP contribution in [0.15, 0.2) is 67.0 Å². The number of carbonyl (C=O) groups is 1. The molecule has 27 heavy (non-hydrogen) atoms. The van der Waals surface area contributed by atoms with Crippen LogP contribution in [0.1, 0.15) is 24.8 Å². The largest absolute Gasteiger partial charge is 0.341 e. The highest BCUT2D eigenvalue weighted by atomic mass is 16.2. The van der Waals surface area contributed by atoms with Gasteiger partial charge < -0.3 is 9.88 Å². The van der Waals surface area contributed by atoms with E-state index in [0.29, 0.717) is 5.92 Å². The minimum absolute atomic E-state index is 0.0556. The third kappa shape index (κ3) is 2.69. The first-order chi connectivity index (χ1) is 13.3. The summed E-state index contributed by atoms with van der Waals surface area (Å²) in [6, 6.07) is 18.7. The SMILES string of the molecule is CCn1c2ccccc2c2cc(NC(=O)[C@H]3C[C@H]3c3ccncc3)ccc21. The number of benzene rings is 2. The summed E-state index contributed by atoms with van der Waals surface area (Å²) in [6.45, 7) is 3.08. The third-order valence-corrected chi connectivity index (χ3v) is 5.62. The van der Waals surface area contributed by atoms with Gasteiger partial charge in [-0.25, -0.2) is 0 Å². The van der Waals surface area contributed by atoms with Crippen LogP contribution >= 0.6 is 0 Å². The minimum Gasteiger partial charge on any atom is -0.341 e. The molecular formula is C23H21N3O. The van der Waals surface area contributed by atoms with Crippen LogP contribution in [0.5, 0.6) is 0 Å². The summed E-state index contributed by atoms with van der Waals surface area (Å²) in [5, 5.41) is 5.54. The average molecular weight is 355 g/mol. The highest BCUT2D eigenvalue weighted by Gasteiger charge is 2.43. The lowest BCUT2D eigenvalue weighted by Crippen LogP contribution is -2.14. The van der Waals surface area contributed by atoms with Gasteiger partial charge in [0.25, 0.3) is 0 Å². The van der Waals surface area contributed by atoms with E-state index < -0.39 is 0 Å². The maximum absolute atomic E-state index is 12.7. The normalized spacial score (nSPS) is 18.7. The van der Waals surface area contributed by atoms with Crippen LogP contribution in [0.4, 0.5) is 5.69 Å². The van der Waals surface area contributed by atoms with Crippen molar-refractivity contribution in [3.05, 3.63) is 72.6 Å². The van der Waals surface area contributed by atoms with E-state index in [9.17, 15) is 4.79 Å². The Bertz CT molecular complexity index is 1150. The number of anilines is 1. The highest BCUT2D eigenvalue weighted by Crippen LogP contribution is 2.47. The number of para-hydroxylation sites is 1. The van der Waals surface area contributed by atoms with Gasteiger partial charge in [0.2, 0.25) is 5.91 Å². The molecule has 0 spiro atoms. The van der Waals surface area contributed by atoms with E-state index in [1.54, 1.807) is 12.4 Å². The molecule has 1 fully saturated rings. The van der Waals surface area contributed by atoms with Gasteiger partial charge >= 0.3 is 0 Å². The Kier molecular flexibility index (Phi) is 3.71. The van der Waals surface area contributed by atoms with E-state index >= 15 is 0 Å². The molecule has 2 aromatic carbocycles. The second-order valence-electron chi connectivity index (χ2n) is 7.21. The molecule has 4 aromatic rings. The molecule has 0 aliphatic heterocycles. The van der Waals surface area contributed by atoms with Gasteiger partial charge in [-0.1, -0.05) is 18.2 Å². The monoisotopic (exact) mass is 355 g/mol. The zero-order valence-corrected chi connectivity index (χ0v) is 15.2. The number of rotatable bonds is 4. The van der Waals surface area contributed by atoms with Crippen molar-refractivity contribution >= 4 is 33.4 Å². The van der Waals surface area contributed by atoms with Gasteiger partial charge in [-0.3, -0.25) is 9.78 Å². The molecule has 134 valence electrons. The molecule has 1 saturated carbocycles. The van der Waals surface area contributed by atoms with Gasteiger partial charge in [-0.05, 0) is 61.2 Å². The van der Waals surface area contributed by atoms with Crippen molar-refractivity contribution in [1.82, 2.24) is 9.55 Å². The van der Waals surface area contributed by atoms with Crippen LogP contribution in [-0.4, -0.2) is 15.5 Å². The van der Waals surface area contributed by atoms with Gasteiger partial charge in [0.1, 0.15) is 0 Å². The molecule has 1 amide bonds. The zero-order chi connectivity index (χ0) is 18.4. The lowest BCUT2D eigenvalue weighted by Gasteiger charge is -2.07. The van der Waals surface area contributed by atoms with Crippen molar-refractivity contribution in [1.29, 1.82) is 0 Å². The minimum atomic E-state index is 0.0556. The Hall–Kier alpha value is -3.14. The van der Waals surface area contributed by atoms with Crippen LogP contribution < -0.4 is 5.32 Å². The number of aryl methyl sites for hydroxylation is 1. The molecule has 0 radical (unpaired) electrons. The predicted molar refractivity (Wildman–Crippen MR) is 109 cm³/mol. The molecule has 4 heteroatoms. The molecule has 1 N–H and O–H groups in total. The summed E-state index contributed by atoms with van der Waals surface area (Å²) in [5.41, 5.74) is 4.51. The number of aromatic nitrogens is 2. The molecule has 5 rings (SSSR count). The van der Waals surface area contributed by atoms with E-state index in [1.165, 1.54) is 27.4 Å². The molecule has 0 bridgehead atoms. The standard InChI is InChI=1S/C23H21N3O/c1-2-26-21-6-4-3-5-17(21)19-13-16(7-8-22(19)26)25-23(27)20-14-18(20)15-9-11-24-12-10-15/h3-13,18,20H,2,14H2,1H3,(H,25,27)/t18-,20-/m0/s1. The number of hydrogen-bond acceptors (Lipinski definition) is 2. The maximum atomic E-state index is 12.7. The number of carbonyl (C=O) groups excluding carboxylic acids is 1.